The van der Waals surface area contributed by atoms with E-state index in [1.54, 1.807) is 17.1 Å². The van der Waals surface area contributed by atoms with Gasteiger partial charge in [-0.3, -0.25) is 5.01 Å². The van der Waals surface area contributed by atoms with Crippen molar-refractivity contribution in [1.82, 2.24) is 20.0 Å². The number of amidine groups is 1. The second-order valence-electron chi connectivity index (χ2n) is 7.49. The summed E-state index contributed by atoms with van der Waals surface area (Å²) in [5, 5.41) is 10.4. The molecule has 2 aliphatic rings. The number of alkyl halides is 3. The summed E-state index contributed by atoms with van der Waals surface area (Å²) in [6, 6.07) is 15.7. The van der Waals surface area contributed by atoms with Crippen LogP contribution >= 0.6 is 0 Å². The number of aromatic nitrogens is 2. The first-order chi connectivity index (χ1) is 15.9. The van der Waals surface area contributed by atoms with E-state index in [-0.39, 0.29) is 5.75 Å². The number of fused-ring (bicyclic) bond motifs is 1. The van der Waals surface area contributed by atoms with E-state index in [1.807, 2.05) is 53.6 Å². The van der Waals surface area contributed by atoms with Gasteiger partial charge < -0.3 is 14.2 Å². The number of hydrazone groups is 1. The first kappa shape index (κ1) is 20.8. The molecular weight excluding hydrogens is 435 g/mol. The van der Waals surface area contributed by atoms with Gasteiger partial charge in [0.25, 0.3) is 0 Å². The lowest BCUT2D eigenvalue weighted by Crippen LogP contribution is -2.26. The van der Waals surface area contributed by atoms with Crippen molar-refractivity contribution in [2.45, 2.75) is 19.3 Å². The maximum atomic E-state index is 12.4. The number of hydrogen-bond acceptors (Lipinski definition) is 7. The van der Waals surface area contributed by atoms with Crippen molar-refractivity contribution >= 4 is 11.4 Å². The van der Waals surface area contributed by atoms with E-state index in [0.29, 0.717) is 31.3 Å². The zero-order chi connectivity index (χ0) is 22.8. The average Bonchev–Trinajstić information content (AvgIpc) is 3.39. The van der Waals surface area contributed by atoms with Crippen molar-refractivity contribution in [3.05, 3.63) is 95.8 Å². The highest BCUT2D eigenvalue weighted by Crippen LogP contribution is 2.28. The maximum Gasteiger partial charge on any atom is 0.573 e. The number of halogens is 3. The highest BCUT2D eigenvalue weighted by Gasteiger charge is 2.31. The van der Waals surface area contributed by atoms with Crippen LogP contribution in [-0.4, -0.2) is 38.9 Å². The topological polar surface area (TPSA) is 67.0 Å². The molecule has 0 saturated carbocycles. The van der Waals surface area contributed by atoms with Crippen LogP contribution in [0, 0.1) is 0 Å². The summed E-state index contributed by atoms with van der Waals surface area (Å²) in [4.78, 5) is 6.39. The van der Waals surface area contributed by atoms with Crippen molar-refractivity contribution in [3.63, 3.8) is 0 Å². The van der Waals surface area contributed by atoms with Crippen LogP contribution in [0.1, 0.15) is 22.8 Å². The van der Waals surface area contributed by atoms with Gasteiger partial charge in [0.1, 0.15) is 19.0 Å². The molecule has 1 aromatic heterocycles. The standard InChI is InChI=1S/C23H18F3N5O2/c24-23(25,26)32-19-9-6-17(7-10-19)18-8-11-21-28-31(15-30(21)13-18)14-22-27-20(29-33-22)12-16-4-2-1-3-5-16/h1-11,13H,12,14-15H2. The lowest BCUT2D eigenvalue weighted by Gasteiger charge is -2.20. The van der Waals surface area contributed by atoms with Crippen molar-refractivity contribution in [2.24, 2.45) is 5.10 Å². The summed E-state index contributed by atoms with van der Waals surface area (Å²) < 4.78 is 46.4. The third-order valence-electron chi connectivity index (χ3n) is 5.01. The highest BCUT2D eigenvalue weighted by molar-refractivity contribution is 6.00. The SMILES string of the molecule is FC(F)(F)Oc1ccc(C2=CN3CN(Cc4nc(Cc5ccccc5)no4)N=C3C=C2)cc1. The van der Waals surface area contributed by atoms with Crippen LogP contribution in [0.4, 0.5) is 13.2 Å². The highest BCUT2D eigenvalue weighted by atomic mass is 19.4. The molecule has 0 amide bonds. The third-order valence-corrected chi connectivity index (χ3v) is 5.01. The molecular formula is C23H18F3N5O2. The Labute approximate surface area is 187 Å². The van der Waals surface area contributed by atoms with E-state index in [1.165, 1.54) is 12.1 Å². The number of nitrogens with zero attached hydrogens (tertiary/aromatic N) is 5. The Hall–Kier alpha value is -4.08. The largest absolute Gasteiger partial charge is 0.573 e. The fourth-order valence-electron chi connectivity index (χ4n) is 3.56. The Morgan fingerprint density at radius 1 is 1.00 bits per heavy atom. The summed E-state index contributed by atoms with van der Waals surface area (Å²) in [5.41, 5.74) is 2.71. The zero-order valence-electron chi connectivity index (χ0n) is 17.2. The Morgan fingerprint density at radius 3 is 2.55 bits per heavy atom. The number of ether oxygens (including phenoxy) is 1. The minimum Gasteiger partial charge on any atom is -0.406 e. The molecule has 33 heavy (non-hydrogen) atoms. The van der Waals surface area contributed by atoms with Gasteiger partial charge in [0.15, 0.2) is 11.7 Å². The van der Waals surface area contributed by atoms with E-state index < -0.39 is 6.36 Å². The molecule has 0 fully saturated rings. The molecule has 0 saturated heterocycles. The Balaban J connectivity index is 1.21. The third kappa shape index (κ3) is 5.05. The van der Waals surface area contributed by atoms with E-state index in [0.717, 1.165) is 22.5 Å². The predicted octanol–water partition coefficient (Wildman–Crippen LogP) is 4.56. The summed E-state index contributed by atoms with van der Waals surface area (Å²) in [5.74, 6) is 1.58. The maximum absolute atomic E-state index is 12.4. The minimum absolute atomic E-state index is 0.257. The van der Waals surface area contributed by atoms with Crippen molar-refractivity contribution in [2.75, 3.05) is 6.67 Å². The molecule has 0 atom stereocenters. The van der Waals surface area contributed by atoms with Crippen LogP contribution in [0.25, 0.3) is 5.57 Å². The molecule has 0 N–H and O–H groups in total. The summed E-state index contributed by atoms with van der Waals surface area (Å²) in [6.45, 7) is 0.844. The smallest absolute Gasteiger partial charge is 0.406 e. The molecule has 2 aliphatic heterocycles. The molecule has 168 valence electrons. The fraction of sp³-hybridized carbons (Fsp3) is 0.174. The Kier molecular flexibility index (Phi) is 5.33. The van der Waals surface area contributed by atoms with Crippen LogP contribution in [0.5, 0.6) is 5.75 Å². The second kappa shape index (κ2) is 8.45. The number of hydrogen-bond donors (Lipinski definition) is 0. The normalized spacial score (nSPS) is 15.4. The van der Waals surface area contributed by atoms with Gasteiger partial charge in [0.2, 0.25) is 5.89 Å². The lowest BCUT2D eigenvalue weighted by atomic mass is 10.0. The first-order valence-electron chi connectivity index (χ1n) is 10.1. The van der Waals surface area contributed by atoms with Crippen LogP contribution in [0.2, 0.25) is 0 Å². The lowest BCUT2D eigenvalue weighted by molar-refractivity contribution is -0.274. The second-order valence-corrected chi connectivity index (χ2v) is 7.49. The van der Waals surface area contributed by atoms with Gasteiger partial charge in [-0.2, -0.15) is 10.1 Å². The van der Waals surface area contributed by atoms with Gasteiger partial charge >= 0.3 is 6.36 Å². The molecule has 0 radical (unpaired) electrons. The number of allylic oxidation sites excluding steroid dienone is 2. The molecule has 7 nitrogen and oxygen atoms in total. The molecule has 0 bridgehead atoms. The Bertz CT molecular complexity index is 1220. The van der Waals surface area contributed by atoms with Gasteiger partial charge in [-0.25, -0.2) is 0 Å². The molecule has 0 unspecified atom stereocenters. The zero-order valence-corrected chi connectivity index (χ0v) is 17.2. The summed E-state index contributed by atoms with van der Waals surface area (Å²) in [7, 11) is 0. The number of benzene rings is 2. The Morgan fingerprint density at radius 2 is 1.79 bits per heavy atom. The summed E-state index contributed by atoms with van der Waals surface area (Å²) >= 11 is 0. The number of rotatable bonds is 6. The molecule has 3 aromatic rings. The van der Waals surface area contributed by atoms with E-state index >= 15 is 0 Å². The van der Waals surface area contributed by atoms with Gasteiger partial charge in [-0.1, -0.05) is 47.6 Å². The molecule has 0 aliphatic carbocycles. The van der Waals surface area contributed by atoms with Crippen LogP contribution in [0.15, 0.2) is 82.6 Å². The van der Waals surface area contributed by atoms with Gasteiger partial charge in [-0.05, 0) is 41.0 Å². The monoisotopic (exact) mass is 453 g/mol. The quantitative estimate of drug-likeness (QED) is 0.545. The summed E-state index contributed by atoms with van der Waals surface area (Å²) in [6.07, 6.45) is 1.49. The minimum atomic E-state index is -4.71. The fourth-order valence-corrected chi connectivity index (χ4v) is 3.56. The molecule has 0 spiro atoms. The molecule has 5 rings (SSSR count). The average molecular weight is 453 g/mol. The van der Waals surface area contributed by atoms with E-state index in [4.69, 9.17) is 4.52 Å². The molecule has 2 aromatic carbocycles. The van der Waals surface area contributed by atoms with Crippen LogP contribution in [-0.2, 0) is 13.0 Å². The van der Waals surface area contributed by atoms with Gasteiger partial charge in [0, 0.05) is 12.6 Å². The van der Waals surface area contributed by atoms with Crippen molar-refractivity contribution in [1.29, 1.82) is 0 Å². The van der Waals surface area contributed by atoms with Gasteiger partial charge in [-0.15, -0.1) is 13.2 Å². The van der Waals surface area contributed by atoms with E-state index in [2.05, 4.69) is 20.0 Å². The predicted molar refractivity (Wildman–Crippen MR) is 113 cm³/mol. The van der Waals surface area contributed by atoms with Crippen LogP contribution < -0.4 is 4.74 Å². The van der Waals surface area contributed by atoms with Crippen LogP contribution in [0.3, 0.4) is 0 Å². The van der Waals surface area contributed by atoms with Gasteiger partial charge in [0.05, 0.1) is 0 Å². The van der Waals surface area contributed by atoms with Crippen molar-refractivity contribution < 1.29 is 22.4 Å². The first-order valence-corrected chi connectivity index (χ1v) is 10.1. The molecule has 10 heteroatoms. The van der Waals surface area contributed by atoms with Crippen molar-refractivity contribution in [3.8, 4) is 5.75 Å². The molecule has 3 heterocycles. The van der Waals surface area contributed by atoms with E-state index in [9.17, 15) is 13.2 Å².